The van der Waals surface area contributed by atoms with Crippen molar-refractivity contribution in [3.05, 3.63) is 29.3 Å². The Morgan fingerprint density at radius 3 is 2.48 bits per heavy atom. The Bertz CT molecular complexity index is 585. The van der Waals surface area contributed by atoms with Crippen molar-refractivity contribution in [3.63, 3.8) is 0 Å². The Hall–Kier alpha value is -1.26. The van der Waals surface area contributed by atoms with E-state index in [-0.39, 0.29) is 30.5 Å². The van der Waals surface area contributed by atoms with Gasteiger partial charge in [-0.05, 0) is 55.9 Å². The van der Waals surface area contributed by atoms with Crippen molar-refractivity contribution in [3.8, 4) is 5.75 Å². The van der Waals surface area contributed by atoms with Gasteiger partial charge in [0, 0.05) is 38.4 Å². The highest BCUT2D eigenvalue weighted by molar-refractivity contribution is 5.85. The standard InChI is InChI=1S/C20H30N2O2.ClH/c1-14-6-7-18(12-15(14)2)24-17-8-10-22(11-9-17)20(23)13-16-4-3-5-19(16)21;/h6-7,12,16-17,19H,3-5,8-11,13,21H2,1-2H3;1H/t16-,19+;/m0./s1. The number of likely N-dealkylation sites (tertiary alicyclic amines) is 1. The minimum absolute atomic E-state index is 0. The third-order valence-corrected chi connectivity index (χ3v) is 5.73. The first-order valence-corrected chi connectivity index (χ1v) is 9.30. The predicted molar refractivity (Wildman–Crippen MR) is 103 cm³/mol. The summed E-state index contributed by atoms with van der Waals surface area (Å²) < 4.78 is 6.11. The highest BCUT2D eigenvalue weighted by atomic mass is 35.5. The number of hydrogen-bond donors (Lipinski definition) is 1. The molecule has 25 heavy (non-hydrogen) atoms. The lowest BCUT2D eigenvalue weighted by molar-refractivity contribution is -0.134. The minimum atomic E-state index is 0. The minimum Gasteiger partial charge on any atom is -0.490 e. The quantitative estimate of drug-likeness (QED) is 0.885. The van der Waals surface area contributed by atoms with Crippen LogP contribution in [0.15, 0.2) is 18.2 Å². The molecule has 0 radical (unpaired) electrons. The molecule has 5 heteroatoms. The molecule has 1 aromatic carbocycles. The van der Waals surface area contributed by atoms with Crippen LogP contribution in [-0.2, 0) is 4.79 Å². The molecule has 1 amide bonds. The van der Waals surface area contributed by atoms with Gasteiger partial charge in [0.25, 0.3) is 0 Å². The second kappa shape index (κ2) is 8.91. The van der Waals surface area contributed by atoms with Gasteiger partial charge in [-0.2, -0.15) is 0 Å². The monoisotopic (exact) mass is 366 g/mol. The predicted octanol–water partition coefficient (Wildman–Crippen LogP) is 3.61. The molecule has 3 rings (SSSR count). The van der Waals surface area contributed by atoms with E-state index in [0.717, 1.165) is 44.5 Å². The number of halogens is 1. The van der Waals surface area contributed by atoms with E-state index < -0.39 is 0 Å². The first-order chi connectivity index (χ1) is 11.5. The second-order valence-corrected chi connectivity index (χ2v) is 7.50. The number of ether oxygens (including phenoxy) is 1. The molecule has 140 valence electrons. The highest BCUT2D eigenvalue weighted by Crippen LogP contribution is 2.28. The zero-order chi connectivity index (χ0) is 17.1. The summed E-state index contributed by atoms with van der Waals surface area (Å²) in [4.78, 5) is 14.5. The third kappa shape index (κ3) is 5.11. The van der Waals surface area contributed by atoms with Crippen molar-refractivity contribution in [1.82, 2.24) is 4.90 Å². The van der Waals surface area contributed by atoms with Gasteiger partial charge in [0.05, 0.1) is 0 Å². The lowest BCUT2D eigenvalue weighted by atomic mass is 9.98. The fourth-order valence-electron chi connectivity index (χ4n) is 3.88. The van der Waals surface area contributed by atoms with Crippen molar-refractivity contribution in [2.75, 3.05) is 13.1 Å². The van der Waals surface area contributed by atoms with Crippen LogP contribution in [0.5, 0.6) is 5.75 Å². The molecule has 0 aromatic heterocycles. The fraction of sp³-hybridized carbons (Fsp3) is 0.650. The van der Waals surface area contributed by atoms with E-state index in [1.165, 1.54) is 17.5 Å². The average molecular weight is 367 g/mol. The molecule has 1 aliphatic carbocycles. The first-order valence-electron chi connectivity index (χ1n) is 9.30. The van der Waals surface area contributed by atoms with Crippen LogP contribution in [-0.4, -0.2) is 36.0 Å². The maximum absolute atomic E-state index is 12.5. The van der Waals surface area contributed by atoms with Crippen LogP contribution in [0.4, 0.5) is 0 Å². The zero-order valence-corrected chi connectivity index (χ0v) is 16.2. The summed E-state index contributed by atoms with van der Waals surface area (Å²) in [6.07, 6.45) is 6.02. The van der Waals surface area contributed by atoms with Crippen molar-refractivity contribution in [2.45, 2.75) is 64.5 Å². The smallest absolute Gasteiger partial charge is 0.222 e. The summed E-state index contributed by atoms with van der Waals surface area (Å²) in [7, 11) is 0. The zero-order valence-electron chi connectivity index (χ0n) is 15.4. The van der Waals surface area contributed by atoms with E-state index in [4.69, 9.17) is 10.5 Å². The molecular formula is C20H31ClN2O2. The maximum atomic E-state index is 12.5. The van der Waals surface area contributed by atoms with E-state index in [1.54, 1.807) is 0 Å². The summed E-state index contributed by atoms with van der Waals surface area (Å²) in [5, 5.41) is 0. The Morgan fingerprint density at radius 1 is 1.16 bits per heavy atom. The van der Waals surface area contributed by atoms with E-state index in [9.17, 15) is 4.79 Å². The van der Waals surface area contributed by atoms with Crippen LogP contribution < -0.4 is 10.5 Å². The Labute approximate surface area is 157 Å². The van der Waals surface area contributed by atoms with Crippen LogP contribution in [0, 0.1) is 19.8 Å². The van der Waals surface area contributed by atoms with Gasteiger partial charge in [0.15, 0.2) is 0 Å². The molecule has 1 saturated carbocycles. The van der Waals surface area contributed by atoms with Gasteiger partial charge in [-0.3, -0.25) is 4.79 Å². The van der Waals surface area contributed by atoms with Gasteiger partial charge in [-0.15, -0.1) is 12.4 Å². The molecule has 0 bridgehead atoms. The third-order valence-electron chi connectivity index (χ3n) is 5.73. The lowest BCUT2D eigenvalue weighted by Crippen LogP contribution is -2.43. The highest BCUT2D eigenvalue weighted by Gasteiger charge is 2.30. The number of nitrogens with two attached hydrogens (primary N) is 1. The number of aryl methyl sites for hydroxylation is 2. The number of amides is 1. The summed E-state index contributed by atoms with van der Waals surface area (Å²) in [6, 6.07) is 6.48. The van der Waals surface area contributed by atoms with E-state index in [1.807, 2.05) is 11.0 Å². The van der Waals surface area contributed by atoms with Crippen molar-refractivity contribution >= 4 is 18.3 Å². The van der Waals surface area contributed by atoms with E-state index in [0.29, 0.717) is 12.3 Å². The molecule has 2 aliphatic rings. The Kier molecular flexibility index (Phi) is 7.14. The number of carbonyl (C=O) groups excluding carboxylic acids is 1. The summed E-state index contributed by atoms with van der Waals surface area (Å²) in [5.41, 5.74) is 8.64. The molecule has 0 unspecified atom stereocenters. The SMILES string of the molecule is Cc1ccc(OC2CCN(C(=O)C[C@@H]3CCC[C@H]3N)CC2)cc1C.Cl. The van der Waals surface area contributed by atoms with Crippen LogP contribution in [0.3, 0.4) is 0 Å². The largest absolute Gasteiger partial charge is 0.490 e. The molecule has 1 aliphatic heterocycles. The fourth-order valence-corrected chi connectivity index (χ4v) is 3.88. The normalized spacial score (nSPS) is 24.0. The van der Waals surface area contributed by atoms with Crippen molar-refractivity contribution in [1.29, 1.82) is 0 Å². The first kappa shape index (κ1) is 20.1. The molecule has 0 spiro atoms. The maximum Gasteiger partial charge on any atom is 0.222 e. The van der Waals surface area contributed by atoms with Crippen LogP contribution in [0.2, 0.25) is 0 Å². The van der Waals surface area contributed by atoms with Crippen LogP contribution in [0.25, 0.3) is 0 Å². The lowest BCUT2D eigenvalue weighted by Gasteiger charge is -2.33. The number of carbonyl (C=O) groups is 1. The Morgan fingerprint density at radius 2 is 1.88 bits per heavy atom. The summed E-state index contributed by atoms with van der Waals surface area (Å²) in [5.74, 6) is 1.61. The van der Waals surface area contributed by atoms with Gasteiger partial charge >= 0.3 is 0 Å². The summed E-state index contributed by atoms with van der Waals surface area (Å²) in [6.45, 7) is 5.82. The van der Waals surface area contributed by atoms with Gasteiger partial charge in [0.2, 0.25) is 5.91 Å². The van der Waals surface area contributed by atoms with Crippen molar-refractivity contribution < 1.29 is 9.53 Å². The molecular weight excluding hydrogens is 336 g/mol. The molecule has 2 N–H and O–H groups in total. The molecule has 1 heterocycles. The topological polar surface area (TPSA) is 55.6 Å². The molecule has 2 fully saturated rings. The molecule has 1 saturated heterocycles. The van der Waals surface area contributed by atoms with Gasteiger partial charge < -0.3 is 15.4 Å². The number of hydrogen-bond acceptors (Lipinski definition) is 3. The number of piperidine rings is 1. The van der Waals surface area contributed by atoms with Gasteiger partial charge in [-0.1, -0.05) is 12.5 Å². The van der Waals surface area contributed by atoms with E-state index >= 15 is 0 Å². The van der Waals surface area contributed by atoms with Gasteiger partial charge in [-0.25, -0.2) is 0 Å². The number of nitrogens with zero attached hydrogens (tertiary/aromatic N) is 1. The van der Waals surface area contributed by atoms with E-state index in [2.05, 4.69) is 26.0 Å². The van der Waals surface area contributed by atoms with Crippen LogP contribution in [0.1, 0.15) is 49.7 Å². The van der Waals surface area contributed by atoms with Gasteiger partial charge in [0.1, 0.15) is 11.9 Å². The van der Waals surface area contributed by atoms with Crippen molar-refractivity contribution in [2.24, 2.45) is 11.7 Å². The Balaban J connectivity index is 0.00000225. The number of benzene rings is 1. The van der Waals surface area contributed by atoms with Crippen LogP contribution >= 0.6 is 12.4 Å². The molecule has 2 atom stereocenters. The average Bonchev–Trinajstić information content (AvgIpc) is 2.97. The molecule has 4 nitrogen and oxygen atoms in total. The summed E-state index contributed by atoms with van der Waals surface area (Å²) >= 11 is 0. The molecule has 1 aromatic rings. The number of rotatable bonds is 4. The second-order valence-electron chi connectivity index (χ2n) is 7.50.